The summed E-state index contributed by atoms with van der Waals surface area (Å²) in [6, 6.07) is 2.05. The predicted molar refractivity (Wildman–Crippen MR) is 77.3 cm³/mol. The Kier molecular flexibility index (Phi) is 4.32. The molecule has 3 heteroatoms. The minimum atomic E-state index is -0.579. The summed E-state index contributed by atoms with van der Waals surface area (Å²) in [4.78, 5) is 1.13. The molecule has 0 spiro atoms. The lowest BCUT2D eigenvalue weighted by atomic mass is 9.74. The first kappa shape index (κ1) is 13.6. The Hall–Kier alpha value is 0.140. The van der Waals surface area contributed by atoms with Crippen LogP contribution in [0.15, 0.2) is 15.9 Å². The molecule has 2 rings (SSSR count). The van der Waals surface area contributed by atoms with Gasteiger partial charge in [-0.1, -0.05) is 20.3 Å². The summed E-state index contributed by atoms with van der Waals surface area (Å²) in [5, 5.41) is 12.9. The van der Waals surface area contributed by atoms with E-state index < -0.39 is 5.60 Å². The molecule has 0 bridgehead atoms. The summed E-state index contributed by atoms with van der Waals surface area (Å²) >= 11 is 5.24. The maximum atomic E-state index is 10.9. The first-order chi connectivity index (χ1) is 8.01. The molecule has 1 aromatic rings. The van der Waals surface area contributed by atoms with E-state index in [1.807, 2.05) is 6.07 Å². The Labute approximate surface area is 116 Å². The number of hydrogen-bond acceptors (Lipinski definition) is 2. The van der Waals surface area contributed by atoms with Crippen LogP contribution in [0.3, 0.4) is 0 Å². The Balaban J connectivity index is 2.12. The largest absolute Gasteiger partial charge is 0.384 e. The Morgan fingerprint density at radius 2 is 2.35 bits per heavy atom. The molecule has 1 saturated carbocycles. The van der Waals surface area contributed by atoms with E-state index in [1.54, 1.807) is 11.3 Å². The highest BCUT2D eigenvalue weighted by atomic mass is 79.9. The second-order valence-corrected chi connectivity index (χ2v) is 7.49. The molecule has 1 fully saturated rings. The SMILES string of the molecule is CC(C)CC1CCCC(O)(c2sccc2Br)C1. The monoisotopic (exact) mass is 316 g/mol. The standard InChI is InChI=1S/C14H21BrOS/c1-10(2)8-11-4-3-6-14(16,9-11)13-12(15)5-7-17-13/h5,7,10-11,16H,3-4,6,8-9H2,1-2H3. The fraction of sp³-hybridized carbons (Fsp3) is 0.714. The summed E-state index contributed by atoms with van der Waals surface area (Å²) in [6.07, 6.45) is 5.53. The summed E-state index contributed by atoms with van der Waals surface area (Å²) in [7, 11) is 0. The molecule has 1 aromatic heterocycles. The van der Waals surface area contributed by atoms with Gasteiger partial charge in [0, 0.05) is 4.47 Å². The van der Waals surface area contributed by atoms with E-state index in [9.17, 15) is 5.11 Å². The summed E-state index contributed by atoms with van der Waals surface area (Å²) in [6.45, 7) is 4.55. The molecule has 0 amide bonds. The van der Waals surface area contributed by atoms with Gasteiger partial charge < -0.3 is 5.11 Å². The molecule has 0 aromatic carbocycles. The average Bonchev–Trinajstić information content (AvgIpc) is 2.64. The van der Waals surface area contributed by atoms with Crippen molar-refractivity contribution >= 4 is 27.3 Å². The van der Waals surface area contributed by atoms with Crippen LogP contribution in [0, 0.1) is 11.8 Å². The minimum absolute atomic E-state index is 0.579. The van der Waals surface area contributed by atoms with Crippen LogP contribution in [0.5, 0.6) is 0 Å². The molecule has 1 nitrogen and oxygen atoms in total. The number of aliphatic hydroxyl groups is 1. The van der Waals surface area contributed by atoms with Crippen LogP contribution in [0.25, 0.3) is 0 Å². The minimum Gasteiger partial charge on any atom is -0.384 e. The van der Waals surface area contributed by atoms with Gasteiger partial charge in [-0.2, -0.15) is 0 Å². The van der Waals surface area contributed by atoms with Gasteiger partial charge >= 0.3 is 0 Å². The van der Waals surface area contributed by atoms with E-state index in [4.69, 9.17) is 0 Å². The Bertz CT molecular complexity index is 374. The predicted octanol–water partition coefficient (Wildman–Crippen LogP) is 4.93. The number of halogens is 1. The van der Waals surface area contributed by atoms with E-state index >= 15 is 0 Å². The maximum Gasteiger partial charge on any atom is 0.100 e. The van der Waals surface area contributed by atoms with Crippen molar-refractivity contribution in [3.63, 3.8) is 0 Å². The van der Waals surface area contributed by atoms with Crippen LogP contribution in [0.4, 0.5) is 0 Å². The van der Waals surface area contributed by atoms with E-state index in [2.05, 4.69) is 35.2 Å². The zero-order valence-corrected chi connectivity index (χ0v) is 13.0. The Morgan fingerprint density at radius 3 is 2.94 bits per heavy atom. The van der Waals surface area contributed by atoms with Gasteiger partial charge in [0.05, 0.1) is 4.88 Å². The fourth-order valence-corrected chi connectivity index (χ4v) is 4.95. The van der Waals surface area contributed by atoms with Crippen molar-refractivity contribution in [1.29, 1.82) is 0 Å². The van der Waals surface area contributed by atoms with Crippen molar-refractivity contribution in [3.05, 3.63) is 20.8 Å². The van der Waals surface area contributed by atoms with E-state index in [0.717, 1.165) is 34.5 Å². The smallest absolute Gasteiger partial charge is 0.100 e. The summed E-state index contributed by atoms with van der Waals surface area (Å²) in [5.41, 5.74) is -0.579. The average molecular weight is 317 g/mol. The van der Waals surface area contributed by atoms with Crippen molar-refractivity contribution in [1.82, 2.24) is 0 Å². The van der Waals surface area contributed by atoms with Crippen molar-refractivity contribution in [2.45, 2.75) is 51.6 Å². The zero-order valence-electron chi connectivity index (χ0n) is 10.6. The van der Waals surface area contributed by atoms with Gasteiger partial charge in [-0.25, -0.2) is 0 Å². The van der Waals surface area contributed by atoms with Gasteiger partial charge in [0.2, 0.25) is 0 Å². The van der Waals surface area contributed by atoms with Crippen molar-refractivity contribution in [3.8, 4) is 0 Å². The van der Waals surface area contributed by atoms with Gasteiger partial charge in [-0.05, 0) is 64.9 Å². The highest BCUT2D eigenvalue weighted by Gasteiger charge is 2.38. The third-order valence-corrected chi connectivity index (χ3v) is 5.70. The molecule has 2 atom stereocenters. The zero-order chi connectivity index (χ0) is 12.5. The van der Waals surface area contributed by atoms with Gasteiger partial charge in [0.15, 0.2) is 0 Å². The van der Waals surface area contributed by atoms with Crippen LogP contribution < -0.4 is 0 Å². The van der Waals surface area contributed by atoms with Crippen LogP contribution in [-0.2, 0) is 5.60 Å². The van der Waals surface area contributed by atoms with Gasteiger partial charge in [0.25, 0.3) is 0 Å². The van der Waals surface area contributed by atoms with Crippen LogP contribution in [0.1, 0.15) is 50.8 Å². The normalized spacial score (nSPS) is 29.8. The second kappa shape index (κ2) is 5.41. The summed E-state index contributed by atoms with van der Waals surface area (Å²) in [5.74, 6) is 1.41. The molecule has 17 heavy (non-hydrogen) atoms. The number of thiophene rings is 1. The van der Waals surface area contributed by atoms with Crippen LogP contribution in [0.2, 0.25) is 0 Å². The van der Waals surface area contributed by atoms with Crippen LogP contribution in [-0.4, -0.2) is 5.11 Å². The van der Waals surface area contributed by atoms with Crippen molar-refractivity contribution in [2.75, 3.05) is 0 Å². The quantitative estimate of drug-likeness (QED) is 0.837. The highest BCUT2D eigenvalue weighted by Crippen LogP contribution is 2.46. The molecule has 0 radical (unpaired) electrons. The lowest BCUT2D eigenvalue weighted by Crippen LogP contribution is -2.32. The molecule has 0 saturated heterocycles. The highest BCUT2D eigenvalue weighted by molar-refractivity contribution is 9.10. The molecular weight excluding hydrogens is 296 g/mol. The molecule has 1 heterocycles. The maximum absolute atomic E-state index is 10.9. The van der Waals surface area contributed by atoms with Gasteiger partial charge in [-0.3, -0.25) is 0 Å². The van der Waals surface area contributed by atoms with Crippen LogP contribution >= 0.6 is 27.3 Å². The van der Waals surface area contributed by atoms with Crippen molar-refractivity contribution in [2.24, 2.45) is 11.8 Å². The topological polar surface area (TPSA) is 20.2 Å². The molecular formula is C14H21BrOS. The molecule has 2 unspecified atom stereocenters. The molecule has 1 aliphatic rings. The fourth-order valence-electron chi connectivity index (χ4n) is 3.06. The summed E-state index contributed by atoms with van der Waals surface area (Å²) < 4.78 is 1.08. The molecule has 1 aliphatic carbocycles. The first-order valence-corrected chi connectivity index (χ1v) is 8.14. The van der Waals surface area contributed by atoms with E-state index in [0.29, 0.717) is 5.92 Å². The third kappa shape index (κ3) is 3.12. The third-order valence-electron chi connectivity index (χ3n) is 3.67. The molecule has 96 valence electrons. The molecule has 1 N–H and O–H groups in total. The van der Waals surface area contributed by atoms with E-state index in [-0.39, 0.29) is 0 Å². The lowest BCUT2D eigenvalue weighted by molar-refractivity contribution is -0.0218. The molecule has 0 aliphatic heterocycles. The van der Waals surface area contributed by atoms with Gasteiger partial charge in [0.1, 0.15) is 5.60 Å². The number of hydrogen-bond donors (Lipinski definition) is 1. The first-order valence-electron chi connectivity index (χ1n) is 6.47. The van der Waals surface area contributed by atoms with E-state index in [1.165, 1.54) is 12.8 Å². The van der Waals surface area contributed by atoms with Gasteiger partial charge in [-0.15, -0.1) is 11.3 Å². The van der Waals surface area contributed by atoms with Crippen molar-refractivity contribution < 1.29 is 5.11 Å². The number of rotatable bonds is 3. The lowest BCUT2D eigenvalue weighted by Gasteiger charge is -2.37. The Morgan fingerprint density at radius 1 is 1.59 bits per heavy atom. The second-order valence-electron chi connectivity index (χ2n) is 5.72.